The van der Waals surface area contributed by atoms with Gasteiger partial charge in [0.15, 0.2) is 11.5 Å². The molecule has 5 rings (SSSR count). The van der Waals surface area contributed by atoms with Gasteiger partial charge in [-0.2, -0.15) is 0 Å². The molecule has 3 aromatic heterocycles. The number of piperazine rings is 1. The lowest BCUT2D eigenvalue weighted by molar-refractivity contribution is 0.150. The maximum Gasteiger partial charge on any atom is 0.162 e. The van der Waals surface area contributed by atoms with E-state index in [1.165, 1.54) is 0 Å². The van der Waals surface area contributed by atoms with E-state index in [-0.39, 0.29) is 0 Å². The summed E-state index contributed by atoms with van der Waals surface area (Å²) < 4.78 is 13.5. The van der Waals surface area contributed by atoms with Crippen molar-refractivity contribution in [1.29, 1.82) is 0 Å². The number of H-pyrrole nitrogens is 1. The summed E-state index contributed by atoms with van der Waals surface area (Å²) in [6.07, 6.45) is 3.93. The van der Waals surface area contributed by atoms with Crippen LogP contribution in [0.25, 0.3) is 33.2 Å². The lowest BCUT2D eigenvalue weighted by atomic mass is 10.1. The molecule has 0 bridgehead atoms. The van der Waals surface area contributed by atoms with E-state index in [2.05, 4.69) is 55.8 Å². The van der Waals surface area contributed by atoms with Crippen LogP contribution in [0, 0.1) is 0 Å². The molecule has 0 radical (unpaired) electrons. The molecule has 0 atom stereocenters. The summed E-state index contributed by atoms with van der Waals surface area (Å²) in [5.41, 5.74) is 3.97. The standard InChI is InChI=1S/C24H28ClN5O2/c1-28-6-8-29(9-7-28)10-11-30-15-18(16-13-22(31-2)23(32-3)14-21(16)30)20-12-17-19(25)4-5-26-24(17)27-20/h4-5,12-15H,6-11H2,1-3H3,(H,26,27). The van der Waals surface area contributed by atoms with Crippen molar-refractivity contribution in [1.82, 2.24) is 24.3 Å². The molecule has 4 heterocycles. The number of nitrogens with one attached hydrogen (secondary N) is 1. The normalized spacial score (nSPS) is 15.6. The molecule has 1 N–H and O–H groups in total. The van der Waals surface area contributed by atoms with Crippen LogP contribution >= 0.6 is 11.6 Å². The number of benzene rings is 1. The number of ether oxygens (including phenoxy) is 2. The summed E-state index contributed by atoms with van der Waals surface area (Å²) in [6, 6.07) is 8.00. The summed E-state index contributed by atoms with van der Waals surface area (Å²) in [7, 11) is 5.53. The average molecular weight is 454 g/mol. The Balaban J connectivity index is 1.57. The Bertz CT molecular complexity index is 1260. The van der Waals surface area contributed by atoms with E-state index in [1.54, 1.807) is 20.4 Å². The zero-order chi connectivity index (χ0) is 22.2. The highest BCUT2D eigenvalue weighted by atomic mass is 35.5. The first-order valence-corrected chi connectivity index (χ1v) is 11.2. The van der Waals surface area contributed by atoms with Gasteiger partial charge in [0.1, 0.15) is 5.65 Å². The monoisotopic (exact) mass is 453 g/mol. The quantitative estimate of drug-likeness (QED) is 0.476. The fourth-order valence-electron chi connectivity index (χ4n) is 4.48. The largest absolute Gasteiger partial charge is 0.493 e. The van der Waals surface area contributed by atoms with Gasteiger partial charge in [-0.1, -0.05) is 11.6 Å². The number of hydrogen-bond donors (Lipinski definition) is 1. The minimum absolute atomic E-state index is 0.690. The Morgan fingerprint density at radius 2 is 1.75 bits per heavy atom. The van der Waals surface area contributed by atoms with Crippen molar-refractivity contribution in [2.24, 2.45) is 0 Å². The summed E-state index contributed by atoms with van der Waals surface area (Å²) >= 11 is 6.40. The van der Waals surface area contributed by atoms with Gasteiger partial charge in [-0.3, -0.25) is 4.90 Å². The van der Waals surface area contributed by atoms with Crippen LogP contribution in [0.2, 0.25) is 5.02 Å². The molecule has 1 fully saturated rings. The van der Waals surface area contributed by atoms with Gasteiger partial charge in [0.05, 0.1) is 24.8 Å². The fraction of sp³-hybridized carbons (Fsp3) is 0.375. The molecule has 8 heteroatoms. The number of aromatic amines is 1. The number of pyridine rings is 1. The van der Waals surface area contributed by atoms with Gasteiger partial charge >= 0.3 is 0 Å². The molecule has 1 aliphatic heterocycles. The third-order valence-electron chi connectivity index (χ3n) is 6.41. The highest BCUT2D eigenvalue weighted by Crippen LogP contribution is 2.39. The van der Waals surface area contributed by atoms with Crippen LogP contribution in [-0.2, 0) is 6.54 Å². The number of hydrogen-bond acceptors (Lipinski definition) is 5. The topological polar surface area (TPSA) is 58.5 Å². The summed E-state index contributed by atoms with van der Waals surface area (Å²) in [5, 5.41) is 2.71. The summed E-state index contributed by atoms with van der Waals surface area (Å²) in [4.78, 5) is 12.8. The molecule has 0 spiro atoms. The zero-order valence-electron chi connectivity index (χ0n) is 18.7. The predicted molar refractivity (Wildman–Crippen MR) is 129 cm³/mol. The van der Waals surface area contributed by atoms with Gasteiger partial charge in [-0.15, -0.1) is 0 Å². The molecule has 1 aliphatic rings. The Kier molecular flexibility index (Phi) is 5.71. The molecular weight excluding hydrogens is 426 g/mol. The van der Waals surface area contributed by atoms with Gasteiger partial charge in [0.25, 0.3) is 0 Å². The molecule has 1 saturated heterocycles. The molecule has 1 aromatic carbocycles. The highest BCUT2D eigenvalue weighted by Gasteiger charge is 2.19. The summed E-state index contributed by atoms with van der Waals surface area (Å²) in [6.45, 7) is 6.34. The van der Waals surface area contributed by atoms with Crippen molar-refractivity contribution in [3.05, 3.63) is 41.7 Å². The van der Waals surface area contributed by atoms with E-state index in [1.807, 2.05) is 6.07 Å². The lowest BCUT2D eigenvalue weighted by Gasteiger charge is -2.32. The maximum absolute atomic E-state index is 6.40. The smallest absolute Gasteiger partial charge is 0.162 e. The Morgan fingerprint density at radius 1 is 1.00 bits per heavy atom. The number of aromatic nitrogens is 3. The number of methoxy groups -OCH3 is 2. The maximum atomic E-state index is 6.40. The second kappa shape index (κ2) is 8.65. The van der Waals surface area contributed by atoms with Crippen LogP contribution < -0.4 is 9.47 Å². The van der Waals surface area contributed by atoms with Crippen molar-refractivity contribution < 1.29 is 9.47 Å². The lowest BCUT2D eigenvalue weighted by Crippen LogP contribution is -2.45. The average Bonchev–Trinajstić information content (AvgIpc) is 3.39. The van der Waals surface area contributed by atoms with Crippen LogP contribution in [0.3, 0.4) is 0 Å². The first-order chi connectivity index (χ1) is 15.6. The molecule has 4 aromatic rings. The molecule has 0 unspecified atom stereocenters. The van der Waals surface area contributed by atoms with Gasteiger partial charge in [-0.25, -0.2) is 4.98 Å². The number of rotatable bonds is 6. The van der Waals surface area contributed by atoms with Crippen LogP contribution in [0.15, 0.2) is 36.7 Å². The third kappa shape index (κ3) is 3.81. The molecule has 7 nitrogen and oxygen atoms in total. The van der Waals surface area contributed by atoms with E-state index >= 15 is 0 Å². The van der Waals surface area contributed by atoms with Gasteiger partial charge in [0.2, 0.25) is 0 Å². The van der Waals surface area contributed by atoms with Gasteiger partial charge < -0.3 is 23.9 Å². The van der Waals surface area contributed by atoms with Crippen LogP contribution in [0.1, 0.15) is 0 Å². The van der Waals surface area contributed by atoms with Crippen LogP contribution in [-0.4, -0.2) is 78.3 Å². The minimum Gasteiger partial charge on any atom is -0.493 e. The van der Waals surface area contributed by atoms with E-state index in [4.69, 9.17) is 21.1 Å². The Morgan fingerprint density at radius 3 is 2.47 bits per heavy atom. The fourth-order valence-corrected chi connectivity index (χ4v) is 4.68. The zero-order valence-corrected chi connectivity index (χ0v) is 19.4. The number of halogens is 1. The van der Waals surface area contributed by atoms with Crippen LogP contribution in [0.4, 0.5) is 0 Å². The Hall–Kier alpha value is -2.74. The van der Waals surface area contributed by atoms with Crippen molar-refractivity contribution in [2.45, 2.75) is 6.54 Å². The van der Waals surface area contributed by atoms with Gasteiger partial charge in [-0.05, 0) is 25.2 Å². The van der Waals surface area contributed by atoms with Crippen molar-refractivity contribution in [2.75, 3.05) is 54.0 Å². The van der Waals surface area contributed by atoms with Crippen LogP contribution in [0.5, 0.6) is 11.5 Å². The van der Waals surface area contributed by atoms with Crippen molar-refractivity contribution in [3.8, 4) is 22.8 Å². The predicted octanol–water partition coefficient (Wildman–Crippen LogP) is 4.10. The Labute approximate surface area is 192 Å². The van der Waals surface area contributed by atoms with E-state index < -0.39 is 0 Å². The van der Waals surface area contributed by atoms with Gasteiger partial charge in [0, 0.05) is 79.8 Å². The SMILES string of the molecule is COc1cc2c(-c3cc4c(Cl)ccnc4[nH]3)cn(CCN3CCN(C)CC3)c2cc1OC. The molecule has 0 amide bonds. The first kappa shape index (κ1) is 21.1. The number of nitrogens with zero attached hydrogens (tertiary/aromatic N) is 4. The molecule has 168 valence electrons. The second-order valence-corrected chi connectivity index (χ2v) is 8.75. The van der Waals surface area contributed by atoms with Crippen molar-refractivity contribution in [3.63, 3.8) is 0 Å². The molecular formula is C24H28ClN5O2. The third-order valence-corrected chi connectivity index (χ3v) is 6.74. The van der Waals surface area contributed by atoms with E-state index in [9.17, 15) is 0 Å². The minimum atomic E-state index is 0.690. The van der Waals surface area contributed by atoms with E-state index in [0.29, 0.717) is 10.8 Å². The highest BCUT2D eigenvalue weighted by molar-refractivity contribution is 6.35. The van der Waals surface area contributed by atoms with E-state index in [0.717, 1.165) is 78.2 Å². The first-order valence-electron chi connectivity index (χ1n) is 10.9. The number of fused-ring (bicyclic) bond motifs is 2. The second-order valence-electron chi connectivity index (χ2n) is 8.34. The van der Waals surface area contributed by atoms with Crippen molar-refractivity contribution >= 4 is 33.5 Å². The molecule has 0 aliphatic carbocycles. The summed E-state index contributed by atoms with van der Waals surface area (Å²) in [5.74, 6) is 1.44. The molecule has 0 saturated carbocycles. The molecule has 32 heavy (non-hydrogen) atoms. The number of likely N-dealkylation sites (N-methyl/N-ethyl adjacent to an activating group) is 1.